The van der Waals surface area contributed by atoms with Gasteiger partial charge in [-0.25, -0.2) is 9.97 Å². The maximum Gasteiger partial charge on any atom is 0.321 e. The van der Waals surface area contributed by atoms with Crippen LogP contribution in [0.3, 0.4) is 0 Å². The van der Waals surface area contributed by atoms with Crippen LogP contribution in [0.25, 0.3) is 0 Å². The Morgan fingerprint density at radius 3 is 2.17 bits per heavy atom. The summed E-state index contributed by atoms with van der Waals surface area (Å²) in [5, 5.41) is 6.19. The molecule has 29 heavy (non-hydrogen) atoms. The zero-order valence-electron chi connectivity index (χ0n) is 15.4. The summed E-state index contributed by atoms with van der Waals surface area (Å²) >= 11 is 0. The smallest absolute Gasteiger partial charge is 0.321 e. The fourth-order valence-corrected chi connectivity index (χ4v) is 2.72. The van der Waals surface area contributed by atoms with E-state index < -0.39 is 0 Å². The molecule has 1 amide bonds. The standard InChI is InChI=1S/C23H18N4O2/c28-22(20-9-4-5-10-21(20)26-17-7-2-1-3-8-17)27-18-11-13-19(14-12-18)29-23-24-15-6-16-25-23/h1-16,26H,(H,27,28). The Labute approximate surface area is 168 Å². The van der Waals surface area contributed by atoms with Gasteiger partial charge in [-0.15, -0.1) is 0 Å². The van der Waals surface area contributed by atoms with Gasteiger partial charge in [0.1, 0.15) is 5.75 Å². The lowest BCUT2D eigenvalue weighted by Gasteiger charge is -2.12. The first kappa shape index (κ1) is 18.2. The molecule has 0 fully saturated rings. The van der Waals surface area contributed by atoms with Gasteiger partial charge < -0.3 is 15.4 Å². The lowest BCUT2D eigenvalue weighted by atomic mass is 10.1. The van der Waals surface area contributed by atoms with E-state index in [4.69, 9.17) is 4.74 Å². The van der Waals surface area contributed by atoms with E-state index in [0.717, 1.165) is 11.4 Å². The van der Waals surface area contributed by atoms with Gasteiger partial charge in [0.15, 0.2) is 0 Å². The highest BCUT2D eigenvalue weighted by atomic mass is 16.5. The third kappa shape index (κ3) is 4.75. The van der Waals surface area contributed by atoms with Crippen molar-refractivity contribution in [3.63, 3.8) is 0 Å². The molecule has 0 aliphatic carbocycles. The Morgan fingerprint density at radius 2 is 1.41 bits per heavy atom. The van der Waals surface area contributed by atoms with Crippen molar-refractivity contribution in [2.24, 2.45) is 0 Å². The van der Waals surface area contributed by atoms with Crippen molar-refractivity contribution >= 4 is 23.0 Å². The number of nitrogens with one attached hydrogen (secondary N) is 2. The van der Waals surface area contributed by atoms with Gasteiger partial charge in [-0.05, 0) is 54.6 Å². The Bertz CT molecular complexity index is 1080. The number of aromatic nitrogens is 2. The second-order valence-corrected chi connectivity index (χ2v) is 6.15. The van der Waals surface area contributed by atoms with Crippen molar-refractivity contribution in [1.29, 1.82) is 0 Å². The zero-order chi connectivity index (χ0) is 19.9. The van der Waals surface area contributed by atoms with E-state index in [1.807, 2.05) is 48.5 Å². The molecular weight excluding hydrogens is 364 g/mol. The van der Waals surface area contributed by atoms with Crippen LogP contribution in [-0.2, 0) is 0 Å². The average Bonchev–Trinajstić information content (AvgIpc) is 2.77. The molecule has 0 atom stereocenters. The van der Waals surface area contributed by atoms with Crippen LogP contribution in [-0.4, -0.2) is 15.9 Å². The lowest BCUT2D eigenvalue weighted by Crippen LogP contribution is -2.13. The summed E-state index contributed by atoms with van der Waals surface area (Å²) in [5.41, 5.74) is 2.86. The average molecular weight is 382 g/mol. The Balaban J connectivity index is 1.46. The maximum atomic E-state index is 12.8. The Hall–Kier alpha value is -4.19. The van der Waals surface area contributed by atoms with E-state index in [0.29, 0.717) is 17.0 Å². The molecule has 0 aliphatic heterocycles. The summed E-state index contributed by atoms with van der Waals surface area (Å²) in [6.45, 7) is 0. The number of nitrogens with zero attached hydrogens (tertiary/aromatic N) is 2. The van der Waals surface area contributed by atoms with Gasteiger partial charge in [0, 0.05) is 23.8 Å². The van der Waals surface area contributed by atoms with Crippen molar-refractivity contribution in [2.75, 3.05) is 10.6 Å². The summed E-state index contributed by atoms with van der Waals surface area (Å²) in [6, 6.07) is 26.1. The SMILES string of the molecule is O=C(Nc1ccc(Oc2ncccn2)cc1)c1ccccc1Nc1ccccc1. The molecule has 0 saturated carbocycles. The third-order valence-electron chi connectivity index (χ3n) is 4.09. The number of hydrogen-bond acceptors (Lipinski definition) is 5. The number of amides is 1. The first-order valence-corrected chi connectivity index (χ1v) is 9.05. The normalized spacial score (nSPS) is 10.2. The predicted molar refractivity (Wildman–Crippen MR) is 113 cm³/mol. The summed E-state index contributed by atoms with van der Waals surface area (Å²) in [7, 11) is 0. The van der Waals surface area contributed by atoms with Crippen molar-refractivity contribution < 1.29 is 9.53 Å². The van der Waals surface area contributed by atoms with Gasteiger partial charge in [-0.1, -0.05) is 30.3 Å². The molecule has 6 nitrogen and oxygen atoms in total. The summed E-state index contributed by atoms with van der Waals surface area (Å²) in [4.78, 5) is 20.8. The van der Waals surface area contributed by atoms with E-state index in [1.165, 1.54) is 0 Å². The van der Waals surface area contributed by atoms with E-state index in [9.17, 15) is 4.79 Å². The summed E-state index contributed by atoms with van der Waals surface area (Å²) < 4.78 is 5.56. The zero-order valence-corrected chi connectivity index (χ0v) is 15.4. The van der Waals surface area contributed by atoms with E-state index in [2.05, 4.69) is 20.6 Å². The van der Waals surface area contributed by atoms with Crippen molar-refractivity contribution in [3.05, 3.63) is 103 Å². The minimum Gasteiger partial charge on any atom is -0.424 e. The highest BCUT2D eigenvalue weighted by Crippen LogP contribution is 2.23. The number of rotatable bonds is 6. The number of para-hydroxylation sites is 2. The van der Waals surface area contributed by atoms with Crippen LogP contribution in [0.15, 0.2) is 97.3 Å². The number of carbonyl (C=O) groups is 1. The van der Waals surface area contributed by atoms with E-state index in [-0.39, 0.29) is 11.9 Å². The van der Waals surface area contributed by atoms with Gasteiger partial charge in [-0.3, -0.25) is 4.79 Å². The van der Waals surface area contributed by atoms with Crippen molar-refractivity contribution in [2.45, 2.75) is 0 Å². The molecule has 0 radical (unpaired) electrons. The number of carbonyl (C=O) groups excluding carboxylic acids is 1. The molecular formula is C23H18N4O2. The van der Waals surface area contributed by atoms with Crippen LogP contribution >= 0.6 is 0 Å². The van der Waals surface area contributed by atoms with Crippen LogP contribution in [0.2, 0.25) is 0 Å². The molecule has 1 aromatic heterocycles. The van der Waals surface area contributed by atoms with Gasteiger partial charge in [0.05, 0.1) is 11.3 Å². The van der Waals surface area contributed by atoms with Gasteiger partial charge >= 0.3 is 6.01 Å². The minimum atomic E-state index is -0.205. The van der Waals surface area contributed by atoms with E-state index in [1.54, 1.807) is 48.8 Å². The molecule has 4 rings (SSSR count). The second kappa shape index (κ2) is 8.67. The van der Waals surface area contributed by atoms with Crippen molar-refractivity contribution in [1.82, 2.24) is 9.97 Å². The number of benzene rings is 3. The third-order valence-corrected chi connectivity index (χ3v) is 4.09. The van der Waals surface area contributed by atoms with Gasteiger partial charge in [0.25, 0.3) is 5.91 Å². The van der Waals surface area contributed by atoms with Gasteiger partial charge in [-0.2, -0.15) is 0 Å². The van der Waals surface area contributed by atoms with Crippen LogP contribution in [0.4, 0.5) is 17.1 Å². The molecule has 0 aliphatic rings. The summed E-state index contributed by atoms with van der Waals surface area (Å²) in [6.07, 6.45) is 3.22. The molecule has 2 N–H and O–H groups in total. The monoisotopic (exact) mass is 382 g/mol. The first-order chi connectivity index (χ1) is 14.3. The predicted octanol–water partition coefficient (Wildman–Crippen LogP) is 5.26. The minimum absolute atomic E-state index is 0.205. The molecule has 0 saturated heterocycles. The number of hydrogen-bond donors (Lipinski definition) is 2. The Kier molecular flexibility index (Phi) is 5.43. The lowest BCUT2D eigenvalue weighted by molar-refractivity contribution is 0.102. The second-order valence-electron chi connectivity index (χ2n) is 6.15. The highest BCUT2D eigenvalue weighted by molar-refractivity contribution is 6.08. The quantitative estimate of drug-likeness (QED) is 0.475. The molecule has 3 aromatic carbocycles. The van der Waals surface area contributed by atoms with Gasteiger partial charge in [0.2, 0.25) is 0 Å². The van der Waals surface area contributed by atoms with Crippen LogP contribution < -0.4 is 15.4 Å². The number of ether oxygens (including phenoxy) is 1. The number of anilines is 3. The van der Waals surface area contributed by atoms with E-state index >= 15 is 0 Å². The fraction of sp³-hybridized carbons (Fsp3) is 0. The molecule has 0 unspecified atom stereocenters. The molecule has 0 spiro atoms. The largest absolute Gasteiger partial charge is 0.424 e. The molecule has 4 aromatic rings. The molecule has 6 heteroatoms. The van der Waals surface area contributed by atoms with Crippen LogP contribution in [0, 0.1) is 0 Å². The van der Waals surface area contributed by atoms with Crippen LogP contribution in [0.1, 0.15) is 10.4 Å². The van der Waals surface area contributed by atoms with Crippen molar-refractivity contribution in [3.8, 4) is 11.8 Å². The highest BCUT2D eigenvalue weighted by Gasteiger charge is 2.11. The molecule has 1 heterocycles. The topological polar surface area (TPSA) is 76.1 Å². The summed E-state index contributed by atoms with van der Waals surface area (Å²) in [5.74, 6) is 0.379. The first-order valence-electron chi connectivity index (χ1n) is 9.05. The molecule has 142 valence electrons. The van der Waals surface area contributed by atoms with Crippen LogP contribution in [0.5, 0.6) is 11.8 Å². The molecule has 0 bridgehead atoms. The fourth-order valence-electron chi connectivity index (χ4n) is 2.72. The Morgan fingerprint density at radius 1 is 0.724 bits per heavy atom. The maximum absolute atomic E-state index is 12.8.